The van der Waals surface area contributed by atoms with Crippen LogP contribution in [0.5, 0.6) is 0 Å². The summed E-state index contributed by atoms with van der Waals surface area (Å²) in [5.74, 6) is 0.0180. The van der Waals surface area contributed by atoms with E-state index in [9.17, 15) is 4.79 Å². The Morgan fingerprint density at radius 3 is 2.53 bits per heavy atom. The van der Waals surface area contributed by atoms with Crippen molar-refractivity contribution in [3.8, 4) is 0 Å². The number of ketones is 1. The van der Waals surface area contributed by atoms with Gasteiger partial charge in [0.2, 0.25) is 0 Å². The molecule has 2 nitrogen and oxygen atoms in total. The third-order valence-corrected chi connectivity index (χ3v) is 3.56. The first-order valence-corrected chi connectivity index (χ1v) is 6.63. The highest BCUT2D eigenvalue weighted by molar-refractivity contribution is 9.10. The second-order valence-corrected chi connectivity index (χ2v) is 5.32. The van der Waals surface area contributed by atoms with E-state index in [2.05, 4.69) is 36.8 Å². The smallest absolute Gasteiger partial charge is 0.185 e. The molecule has 4 heteroatoms. The summed E-state index contributed by atoms with van der Waals surface area (Å²) in [6, 6.07) is 11.3. The SMILES string of the molecule is O=C(Cc1ccccc1Br)c1ccc(Br)cn1. The van der Waals surface area contributed by atoms with E-state index in [1.165, 1.54) is 0 Å². The summed E-state index contributed by atoms with van der Waals surface area (Å²) in [4.78, 5) is 16.1. The number of Topliss-reactive ketones (excluding diaryl/α,β-unsaturated/α-hetero) is 1. The van der Waals surface area contributed by atoms with E-state index in [0.29, 0.717) is 12.1 Å². The molecule has 0 atom stereocenters. The minimum atomic E-state index is 0.0180. The van der Waals surface area contributed by atoms with Crippen molar-refractivity contribution in [2.45, 2.75) is 6.42 Å². The Balaban J connectivity index is 2.17. The van der Waals surface area contributed by atoms with Gasteiger partial charge >= 0.3 is 0 Å². The molecule has 0 saturated heterocycles. The molecule has 0 aliphatic heterocycles. The number of nitrogens with zero attached hydrogens (tertiary/aromatic N) is 1. The predicted molar refractivity (Wildman–Crippen MR) is 74.1 cm³/mol. The lowest BCUT2D eigenvalue weighted by molar-refractivity contribution is 0.0988. The summed E-state index contributed by atoms with van der Waals surface area (Å²) in [5.41, 5.74) is 1.46. The second-order valence-electron chi connectivity index (χ2n) is 3.55. The van der Waals surface area contributed by atoms with Crippen LogP contribution in [0.25, 0.3) is 0 Å². The Hall–Kier alpha value is -1.00. The normalized spacial score (nSPS) is 10.2. The molecule has 0 radical (unpaired) electrons. The molecule has 0 fully saturated rings. The van der Waals surface area contributed by atoms with Gasteiger partial charge in [0.05, 0.1) is 0 Å². The molecule has 0 aliphatic carbocycles. The van der Waals surface area contributed by atoms with Crippen LogP contribution < -0.4 is 0 Å². The van der Waals surface area contributed by atoms with Crippen molar-refractivity contribution >= 4 is 37.6 Å². The molecule has 86 valence electrons. The predicted octanol–water partition coefficient (Wildman–Crippen LogP) is 4.03. The van der Waals surface area contributed by atoms with E-state index in [0.717, 1.165) is 14.5 Å². The van der Waals surface area contributed by atoms with Gasteiger partial charge in [-0.15, -0.1) is 0 Å². The van der Waals surface area contributed by atoms with E-state index in [-0.39, 0.29) is 5.78 Å². The van der Waals surface area contributed by atoms with Crippen molar-refractivity contribution in [2.75, 3.05) is 0 Å². The molecule has 0 N–H and O–H groups in total. The Morgan fingerprint density at radius 2 is 1.88 bits per heavy atom. The molecule has 0 spiro atoms. The number of rotatable bonds is 3. The van der Waals surface area contributed by atoms with Crippen molar-refractivity contribution in [2.24, 2.45) is 0 Å². The van der Waals surface area contributed by atoms with Crippen molar-refractivity contribution in [3.63, 3.8) is 0 Å². The van der Waals surface area contributed by atoms with Crippen LogP contribution >= 0.6 is 31.9 Å². The van der Waals surface area contributed by atoms with Gasteiger partial charge in [0.15, 0.2) is 5.78 Å². The largest absolute Gasteiger partial charge is 0.292 e. The molecular weight excluding hydrogens is 346 g/mol. The van der Waals surface area contributed by atoms with Crippen LogP contribution in [0.3, 0.4) is 0 Å². The van der Waals surface area contributed by atoms with Crippen molar-refractivity contribution in [1.82, 2.24) is 4.98 Å². The molecule has 2 aromatic rings. The van der Waals surface area contributed by atoms with Gasteiger partial charge in [-0.2, -0.15) is 0 Å². The lowest BCUT2D eigenvalue weighted by atomic mass is 10.1. The number of hydrogen-bond acceptors (Lipinski definition) is 2. The number of hydrogen-bond donors (Lipinski definition) is 0. The average molecular weight is 355 g/mol. The second kappa shape index (κ2) is 5.56. The maximum Gasteiger partial charge on any atom is 0.185 e. The maximum absolute atomic E-state index is 12.0. The number of pyridine rings is 1. The van der Waals surface area contributed by atoms with Crippen LogP contribution in [-0.2, 0) is 6.42 Å². The number of carbonyl (C=O) groups is 1. The Kier molecular flexibility index (Phi) is 4.07. The summed E-state index contributed by atoms with van der Waals surface area (Å²) >= 11 is 6.72. The molecular formula is C13H9Br2NO. The van der Waals surface area contributed by atoms with Gasteiger partial charge in [0, 0.05) is 21.6 Å². The third kappa shape index (κ3) is 3.23. The zero-order valence-corrected chi connectivity index (χ0v) is 12.0. The fourth-order valence-electron chi connectivity index (χ4n) is 1.45. The van der Waals surface area contributed by atoms with Crippen molar-refractivity contribution in [3.05, 3.63) is 62.8 Å². The fraction of sp³-hybridized carbons (Fsp3) is 0.0769. The molecule has 0 aliphatic rings. The van der Waals surface area contributed by atoms with Gasteiger partial charge in [-0.3, -0.25) is 9.78 Å². The maximum atomic E-state index is 12.0. The first kappa shape index (κ1) is 12.5. The molecule has 1 heterocycles. The summed E-state index contributed by atoms with van der Waals surface area (Å²) < 4.78 is 1.82. The van der Waals surface area contributed by atoms with Gasteiger partial charge < -0.3 is 0 Å². The topological polar surface area (TPSA) is 30.0 Å². The van der Waals surface area contributed by atoms with Gasteiger partial charge in [0.25, 0.3) is 0 Å². The van der Waals surface area contributed by atoms with Crippen LogP contribution in [-0.4, -0.2) is 10.8 Å². The highest BCUT2D eigenvalue weighted by Crippen LogP contribution is 2.18. The first-order valence-electron chi connectivity index (χ1n) is 5.05. The summed E-state index contributed by atoms with van der Waals surface area (Å²) in [5, 5.41) is 0. The molecule has 1 aromatic heterocycles. The third-order valence-electron chi connectivity index (χ3n) is 2.32. The zero-order chi connectivity index (χ0) is 12.3. The van der Waals surface area contributed by atoms with E-state index in [1.807, 2.05) is 30.3 Å². The Morgan fingerprint density at radius 1 is 1.12 bits per heavy atom. The zero-order valence-electron chi connectivity index (χ0n) is 8.86. The van der Waals surface area contributed by atoms with Gasteiger partial charge in [-0.05, 0) is 39.7 Å². The van der Waals surface area contributed by atoms with Crippen LogP contribution in [0.1, 0.15) is 16.1 Å². The highest BCUT2D eigenvalue weighted by Gasteiger charge is 2.10. The monoisotopic (exact) mass is 353 g/mol. The molecule has 17 heavy (non-hydrogen) atoms. The number of benzene rings is 1. The van der Waals surface area contributed by atoms with Gasteiger partial charge in [0.1, 0.15) is 5.69 Å². The molecule has 0 unspecified atom stereocenters. The fourth-order valence-corrected chi connectivity index (χ4v) is 2.11. The lowest BCUT2D eigenvalue weighted by Gasteiger charge is -2.03. The molecule has 0 bridgehead atoms. The molecule has 2 rings (SSSR count). The van der Waals surface area contributed by atoms with Crippen molar-refractivity contribution < 1.29 is 4.79 Å². The van der Waals surface area contributed by atoms with Crippen LogP contribution in [0.15, 0.2) is 51.5 Å². The quantitative estimate of drug-likeness (QED) is 0.779. The van der Waals surface area contributed by atoms with E-state index < -0.39 is 0 Å². The summed E-state index contributed by atoms with van der Waals surface area (Å²) in [6.45, 7) is 0. The minimum Gasteiger partial charge on any atom is -0.292 e. The summed E-state index contributed by atoms with van der Waals surface area (Å²) in [6.07, 6.45) is 1.99. The van der Waals surface area contributed by atoms with Crippen LogP contribution in [0.4, 0.5) is 0 Å². The van der Waals surface area contributed by atoms with Gasteiger partial charge in [-0.25, -0.2) is 0 Å². The Labute approximate surface area is 116 Å². The number of halogens is 2. The molecule has 1 aromatic carbocycles. The number of aromatic nitrogens is 1. The van der Waals surface area contributed by atoms with Crippen LogP contribution in [0, 0.1) is 0 Å². The van der Waals surface area contributed by atoms with Crippen molar-refractivity contribution in [1.29, 1.82) is 0 Å². The Bertz CT molecular complexity index is 537. The van der Waals surface area contributed by atoms with E-state index >= 15 is 0 Å². The van der Waals surface area contributed by atoms with E-state index in [4.69, 9.17) is 0 Å². The molecule has 0 amide bonds. The average Bonchev–Trinajstić information content (AvgIpc) is 2.33. The lowest BCUT2D eigenvalue weighted by Crippen LogP contribution is -2.06. The van der Waals surface area contributed by atoms with Crippen LogP contribution in [0.2, 0.25) is 0 Å². The number of carbonyl (C=O) groups excluding carboxylic acids is 1. The summed E-state index contributed by atoms with van der Waals surface area (Å²) in [7, 11) is 0. The van der Waals surface area contributed by atoms with Gasteiger partial charge in [-0.1, -0.05) is 34.1 Å². The standard InChI is InChI=1S/C13H9Br2NO/c14-10-5-6-12(16-8-10)13(17)7-9-3-1-2-4-11(9)15/h1-6,8H,7H2. The highest BCUT2D eigenvalue weighted by atomic mass is 79.9. The minimum absolute atomic E-state index is 0.0180. The molecule has 0 saturated carbocycles. The van der Waals surface area contributed by atoms with E-state index in [1.54, 1.807) is 12.3 Å². The first-order chi connectivity index (χ1) is 8.16.